The zero-order chi connectivity index (χ0) is 9.26. The first kappa shape index (κ1) is 12.3. The van der Waals surface area contributed by atoms with E-state index in [4.69, 9.17) is 5.73 Å². The van der Waals surface area contributed by atoms with Gasteiger partial charge in [-0.25, -0.2) is 0 Å². The summed E-state index contributed by atoms with van der Waals surface area (Å²) < 4.78 is 0. The van der Waals surface area contributed by atoms with Crippen LogP contribution in [0.5, 0.6) is 0 Å². The van der Waals surface area contributed by atoms with E-state index < -0.39 is 0 Å². The molecule has 1 heterocycles. The van der Waals surface area contributed by atoms with Crippen LogP contribution in [-0.2, 0) is 0 Å². The molecule has 2 aliphatic rings. The summed E-state index contributed by atoms with van der Waals surface area (Å²) >= 11 is 0. The highest BCUT2D eigenvalue weighted by Gasteiger charge is 2.34. The van der Waals surface area contributed by atoms with Gasteiger partial charge in [0.15, 0.2) is 0 Å². The van der Waals surface area contributed by atoms with Crippen molar-refractivity contribution in [3.8, 4) is 0 Å². The van der Waals surface area contributed by atoms with Gasteiger partial charge in [0.2, 0.25) is 0 Å². The van der Waals surface area contributed by atoms with Gasteiger partial charge in [-0.05, 0) is 45.1 Å². The van der Waals surface area contributed by atoms with Crippen molar-refractivity contribution in [2.75, 3.05) is 13.1 Å². The smallest absolute Gasteiger partial charge is 0.0139 e. The van der Waals surface area contributed by atoms with Crippen molar-refractivity contribution >= 4 is 12.4 Å². The van der Waals surface area contributed by atoms with Crippen LogP contribution in [0.4, 0.5) is 0 Å². The number of likely N-dealkylation sites (tertiary alicyclic amines) is 1. The second-order valence-electron chi connectivity index (χ2n) is 4.87. The first-order chi connectivity index (χ1) is 6.27. The Kier molecular flexibility index (Phi) is 4.68. The quantitative estimate of drug-likeness (QED) is 0.786. The third-order valence-electron chi connectivity index (χ3n) is 3.63. The molecule has 0 spiro atoms. The van der Waals surface area contributed by atoms with Crippen molar-refractivity contribution in [2.24, 2.45) is 11.7 Å². The molecule has 3 heteroatoms. The molecule has 2 atom stereocenters. The maximum atomic E-state index is 5.85. The molecule has 1 aliphatic heterocycles. The molecule has 2 unspecified atom stereocenters. The van der Waals surface area contributed by atoms with Gasteiger partial charge in [-0.15, -0.1) is 12.4 Å². The predicted molar refractivity (Wildman–Crippen MR) is 62.8 cm³/mol. The maximum Gasteiger partial charge on any atom is 0.0139 e. The summed E-state index contributed by atoms with van der Waals surface area (Å²) in [5, 5.41) is 0. The van der Waals surface area contributed by atoms with Crippen LogP contribution < -0.4 is 5.73 Å². The average molecular weight is 219 g/mol. The molecular weight excluding hydrogens is 196 g/mol. The van der Waals surface area contributed by atoms with Crippen LogP contribution in [0, 0.1) is 5.92 Å². The van der Waals surface area contributed by atoms with Crippen LogP contribution in [0.2, 0.25) is 0 Å². The van der Waals surface area contributed by atoms with Crippen LogP contribution in [0.3, 0.4) is 0 Å². The highest BCUT2D eigenvalue weighted by Crippen LogP contribution is 2.36. The van der Waals surface area contributed by atoms with Crippen LogP contribution in [0.1, 0.15) is 39.0 Å². The van der Waals surface area contributed by atoms with Crippen molar-refractivity contribution < 1.29 is 0 Å². The number of rotatable bonds is 3. The molecule has 0 aromatic heterocycles. The van der Waals surface area contributed by atoms with E-state index in [0.717, 1.165) is 18.5 Å². The van der Waals surface area contributed by atoms with Gasteiger partial charge in [0, 0.05) is 18.6 Å². The average Bonchev–Trinajstić information content (AvgIpc) is 2.32. The summed E-state index contributed by atoms with van der Waals surface area (Å²) in [6.45, 7) is 4.53. The summed E-state index contributed by atoms with van der Waals surface area (Å²) in [5.41, 5.74) is 5.85. The van der Waals surface area contributed by atoms with E-state index in [1.54, 1.807) is 0 Å². The maximum absolute atomic E-state index is 5.85. The van der Waals surface area contributed by atoms with Crippen molar-refractivity contribution in [1.29, 1.82) is 0 Å². The molecule has 2 rings (SSSR count). The fraction of sp³-hybridized carbons (Fsp3) is 1.00. The van der Waals surface area contributed by atoms with Crippen LogP contribution in [0.25, 0.3) is 0 Å². The van der Waals surface area contributed by atoms with Gasteiger partial charge in [0.05, 0.1) is 0 Å². The number of nitrogens with two attached hydrogens (primary N) is 1. The van der Waals surface area contributed by atoms with Gasteiger partial charge in [-0.1, -0.05) is 6.42 Å². The molecule has 0 radical (unpaired) electrons. The molecule has 2 fully saturated rings. The standard InChI is InChI=1S/C11H22N2.ClH/c1-9(12)8-13-7-3-6-11(13)10-4-2-5-10;/h9-11H,2-8,12H2,1H3;1H. The topological polar surface area (TPSA) is 29.3 Å². The second kappa shape index (κ2) is 5.34. The number of halogens is 1. The Bertz CT molecular complexity index is 169. The second-order valence-corrected chi connectivity index (χ2v) is 4.87. The molecule has 1 aliphatic carbocycles. The first-order valence-electron chi connectivity index (χ1n) is 5.77. The molecule has 0 amide bonds. The SMILES string of the molecule is CC(N)CN1CCCC1C1CCC1.Cl. The zero-order valence-electron chi connectivity index (χ0n) is 9.11. The Morgan fingerprint density at radius 3 is 2.50 bits per heavy atom. The van der Waals surface area contributed by atoms with Gasteiger partial charge in [0.1, 0.15) is 0 Å². The van der Waals surface area contributed by atoms with E-state index in [9.17, 15) is 0 Å². The lowest BCUT2D eigenvalue weighted by molar-refractivity contribution is 0.128. The van der Waals surface area contributed by atoms with E-state index >= 15 is 0 Å². The Morgan fingerprint density at radius 1 is 1.29 bits per heavy atom. The lowest BCUT2D eigenvalue weighted by Crippen LogP contribution is -2.43. The van der Waals surface area contributed by atoms with Crippen molar-refractivity contribution in [3.05, 3.63) is 0 Å². The van der Waals surface area contributed by atoms with E-state index in [1.165, 1.54) is 38.6 Å². The largest absolute Gasteiger partial charge is 0.327 e. The molecule has 2 nitrogen and oxygen atoms in total. The van der Waals surface area contributed by atoms with Crippen LogP contribution >= 0.6 is 12.4 Å². The summed E-state index contributed by atoms with van der Waals surface area (Å²) in [7, 11) is 0. The number of hydrogen-bond acceptors (Lipinski definition) is 2. The Labute approximate surface area is 93.6 Å². The fourth-order valence-electron chi connectivity index (χ4n) is 2.81. The summed E-state index contributed by atoms with van der Waals surface area (Å²) in [4.78, 5) is 2.63. The lowest BCUT2D eigenvalue weighted by atomic mass is 9.79. The first-order valence-corrected chi connectivity index (χ1v) is 5.77. The molecule has 1 saturated carbocycles. The number of hydrogen-bond donors (Lipinski definition) is 1. The summed E-state index contributed by atoms with van der Waals surface area (Å²) in [6.07, 6.45) is 7.23. The highest BCUT2D eigenvalue weighted by atomic mass is 35.5. The van der Waals surface area contributed by atoms with Crippen molar-refractivity contribution in [2.45, 2.75) is 51.1 Å². The molecule has 84 valence electrons. The van der Waals surface area contributed by atoms with Crippen LogP contribution in [-0.4, -0.2) is 30.1 Å². The van der Waals surface area contributed by atoms with Gasteiger partial charge < -0.3 is 5.73 Å². The fourth-order valence-corrected chi connectivity index (χ4v) is 2.81. The lowest BCUT2D eigenvalue weighted by Gasteiger charge is -2.37. The van der Waals surface area contributed by atoms with Gasteiger partial charge >= 0.3 is 0 Å². The zero-order valence-corrected chi connectivity index (χ0v) is 9.93. The minimum absolute atomic E-state index is 0. The monoisotopic (exact) mass is 218 g/mol. The molecule has 14 heavy (non-hydrogen) atoms. The minimum atomic E-state index is 0. The summed E-state index contributed by atoms with van der Waals surface area (Å²) in [5.74, 6) is 1.02. The number of nitrogens with zero attached hydrogens (tertiary/aromatic N) is 1. The van der Waals surface area contributed by atoms with E-state index in [0.29, 0.717) is 6.04 Å². The molecule has 0 aromatic carbocycles. The van der Waals surface area contributed by atoms with E-state index in [-0.39, 0.29) is 12.4 Å². The molecule has 2 N–H and O–H groups in total. The molecular formula is C11H23ClN2. The van der Waals surface area contributed by atoms with E-state index in [2.05, 4.69) is 11.8 Å². The van der Waals surface area contributed by atoms with Crippen molar-refractivity contribution in [1.82, 2.24) is 4.90 Å². The van der Waals surface area contributed by atoms with Gasteiger partial charge in [-0.3, -0.25) is 4.90 Å². The minimum Gasteiger partial charge on any atom is -0.327 e. The van der Waals surface area contributed by atoms with Crippen LogP contribution in [0.15, 0.2) is 0 Å². The Hall–Kier alpha value is 0.210. The third-order valence-corrected chi connectivity index (χ3v) is 3.63. The molecule has 0 bridgehead atoms. The highest BCUT2D eigenvalue weighted by molar-refractivity contribution is 5.85. The Balaban J connectivity index is 0.000000980. The van der Waals surface area contributed by atoms with E-state index in [1.807, 2.05) is 0 Å². The Morgan fingerprint density at radius 2 is 2.00 bits per heavy atom. The predicted octanol–water partition coefficient (Wildman–Crippen LogP) is 2.02. The van der Waals surface area contributed by atoms with Gasteiger partial charge in [-0.2, -0.15) is 0 Å². The van der Waals surface area contributed by atoms with Crippen molar-refractivity contribution in [3.63, 3.8) is 0 Å². The third kappa shape index (κ3) is 2.62. The molecule has 1 saturated heterocycles. The molecule has 0 aromatic rings. The van der Waals surface area contributed by atoms with Gasteiger partial charge in [0.25, 0.3) is 0 Å². The normalized spacial score (nSPS) is 30.9. The summed E-state index contributed by atoms with van der Waals surface area (Å²) in [6, 6.07) is 1.24.